The van der Waals surface area contributed by atoms with Gasteiger partial charge in [0.15, 0.2) is 0 Å². The minimum atomic E-state index is -0.580. The molecule has 1 atom stereocenters. The topological polar surface area (TPSA) is 55.7 Å². The number of ether oxygens (including phenoxy) is 1. The molecule has 4 heteroatoms. The van der Waals surface area contributed by atoms with E-state index < -0.39 is 6.04 Å². The van der Waals surface area contributed by atoms with Crippen molar-refractivity contribution in [3.05, 3.63) is 35.9 Å². The van der Waals surface area contributed by atoms with Gasteiger partial charge in [0.05, 0.1) is 0 Å². The summed E-state index contributed by atoms with van der Waals surface area (Å²) >= 11 is 0. The molecule has 1 aromatic rings. The second-order valence-electron chi connectivity index (χ2n) is 4.39. The number of rotatable bonds is 8. The highest BCUT2D eigenvalue weighted by Gasteiger charge is 2.17. The number of nitrogens with zero attached hydrogens (tertiary/aromatic N) is 1. The summed E-state index contributed by atoms with van der Waals surface area (Å²) in [7, 11) is 0. The van der Waals surface area contributed by atoms with Gasteiger partial charge in [-0.05, 0) is 32.0 Å². The lowest BCUT2D eigenvalue weighted by molar-refractivity contribution is -0.146. The number of ketones is 1. The summed E-state index contributed by atoms with van der Waals surface area (Å²) in [5.74, 6) is -0.275. The van der Waals surface area contributed by atoms with Crippen LogP contribution in [0.1, 0.15) is 31.7 Å². The van der Waals surface area contributed by atoms with E-state index in [0.717, 1.165) is 5.56 Å². The van der Waals surface area contributed by atoms with Gasteiger partial charge in [-0.15, -0.1) is 0 Å². The van der Waals surface area contributed by atoms with Gasteiger partial charge in [-0.1, -0.05) is 30.3 Å². The number of carbonyl (C=O) groups is 2. The van der Waals surface area contributed by atoms with E-state index in [1.807, 2.05) is 30.3 Å². The molecule has 4 nitrogen and oxygen atoms in total. The first-order chi connectivity index (χ1) is 9.13. The fraction of sp³-hybridized carbons (Fsp3) is 0.400. The molecule has 0 heterocycles. The van der Waals surface area contributed by atoms with Gasteiger partial charge in [0.25, 0.3) is 0 Å². The van der Waals surface area contributed by atoms with Gasteiger partial charge >= 0.3 is 5.97 Å². The highest BCUT2D eigenvalue weighted by atomic mass is 16.5. The Morgan fingerprint density at radius 2 is 2.00 bits per heavy atom. The van der Waals surface area contributed by atoms with Crippen LogP contribution in [0.3, 0.4) is 0 Å². The third-order valence-corrected chi connectivity index (χ3v) is 2.72. The van der Waals surface area contributed by atoms with E-state index in [9.17, 15) is 9.59 Å². The molecular weight excluding hydrogens is 242 g/mol. The highest BCUT2D eigenvalue weighted by Crippen LogP contribution is 2.09. The molecule has 0 aromatic heterocycles. The van der Waals surface area contributed by atoms with E-state index in [0.29, 0.717) is 19.3 Å². The molecular formula is C15H19NO3. The van der Waals surface area contributed by atoms with Gasteiger partial charge in [-0.2, -0.15) is 0 Å². The lowest BCUT2D eigenvalue weighted by Gasteiger charge is -2.11. The minimum absolute atomic E-state index is 0.112. The van der Waals surface area contributed by atoms with Crippen LogP contribution in [0.2, 0.25) is 0 Å². The Balaban J connectivity index is 2.37. The van der Waals surface area contributed by atoms with Gasteiger partial charge in [-0.25, -0.2) is 4.79 Å². The van der Waals surface area contributed by atoms with Crippen molar-refractivity contribution in [1.82, 2.24) is 0 Å². The molecule has 0 aliphatic carbocycles. The predicted octanol–water partition coefficient (Wildman–Crippen LogP) is 2.56. The number of carbonyl (C=O) groups excluding carboxylic acids is 2. The van der Waals surface area contributed by atoms with Crippen LogP contribution in [0.15, 0.2) is 35.3 Å². The van der Waals surface area contributed by atoms with Crippen LogP contribution < -0.4 is 0 Å². The summed E-state index contributed by atoms with van der Waals surface area (Å²) in [6.45, 7) is 5.17. The predicted molar refractivity (Wildman–Crippen MR) is 74.1 cm³/mol. The smallest absolute Gasteiger partial charge is 0.331 e. The Hall–Kier alpha value is -1.97. The Morgan fingerprint density at radius 3 is 2.58 bits per heavy atom. The summed E-state index contributed by atoms with van der Waals surface area (Å²) < 4.78 is 5.18. The Labute approximate surface area is 113 Å². The fourth-order valence-electron chi connectivity index (χ4n) is 1.65. The van der Waals surface area contributed by atoms with Crippen LogP contribution in [-0.4, -0.2) is 24.5 Å². The molecule has 1 rings (SSSR count). The zero-order valence-corrected chi connectivity index (χ0v) is 11.2. The van der Waals surface area contributed by atoms with Crippen molar-refractivity contribution in [3.8, 4) is 0 Å². The van der Waals surface area contributed by atoms with E-state index >= 15 is 0 Å². The summed E-state index contributed by atoms with van der Waals surface area (Å²) in [6.07, 6.45) is 1.58. The SMILES string of the molecule is C=NC(CCCC(C)=O)C(=O)OCc1ccccc1. The molecule has 1 unspecified atom stereocenters. The third kappa shape index (κ3) is 5.95. The first-order valence-electron chi connectivity index (χ1n) is 6.29. The van der Waals surface area contributed by atoms with E-state index in [2.05, 4.69) is 11.7 Å². The van der Waals surface area contributed by atoms with Gasteiger partial charge in [-0.3, -0.25) is 4.99 Å². The van der Waals surface area contributed by atoms with Crippen LogP contribution in [0, 0.1) is 0 Å². The zero-order chi connectivity index (χ0) is 14.1. The summed E-state index contributed by atoms with van der Waals surface area (Å²) in [6, 6.07) is 8.88. The molecule has 0 aliphatic rings. The van der Waals surface area contributed by atoms with Crippen LogP contribution in [0.5, 0.6) is 0 Å². The molecule has 0 spiro atoms. The van der Waals surface area contributed by atoms with Crippen LogP contribution >= 0.6 is 0 Å². The number of hydrogen-bond acceptors (Lipinski definition) is 4. The standard InChI is InChI=1S/C15H19NO3/c1-12(17)7-6-10-14(16-2)15(18)19-11-13-8-4-3-5-9-13/h3-5,8-9,14H,2,6-7,10-11H2,1H3. The molecule has 1 aromatic carbocycles. The molecule has 19 heavy (non-hydrogen) atoms. The van der Waals surface area contributed by atoms with E-state index in [4.69, 9.17) is 4.74 Å². The number of hydrogen-bond donors (Lipinski definition) is 0. The third-order valence-electron chi connectivity index (χ3n) is 2.72. The number of esters is 1. The van der Waals surface area contributed by atoms with Crippen molar-refractivity contribution in [2.75, 3.05) is 0 Å². The van der Waals surface area contributed by atoms with Crippen molar-refractivity contribution in [2.45, 2.75) is 38.8 Å². The molecule has 0 aliphatic heterocycles. The maximum absolute atomic E-state index is 11.8. The van der Waals surface area contributed by atoms with Gasteiger partial charge in [0, 0.05) is 6.42 Å². The van der Waals surface area contributed by atoms with Crippen LogP contribution in [-0.2, 0) is 20.9 Å². The van der Waals surface area contributed by atoms with Crippen LogP contribution in [0.25, 0.3) is 0 Å². The Kier molecular flexibility index (Phi) is 6.50. The van der Waals surface area contributed by atoms with E-state index in [-0.39, 0.29) is 18.4 Å². The molecule has 0 N–H and O–H groups in total. The monoisotopic (exact) mass is 261 g/mol. The lowest BCUT2D eigenvalue weighted by atomic mass is 10.1. The zero-order valence-electron chi connectivity index (χ0n) is 11.2. The van der Waals surface area contributed by atoms with Gasteiger partial charge < -0.3 is 9.53 Å². The summed E-state index contributed by atoms with van der Waals surface area (Å²) in [4.78, 5) is 26.4. The van der Waals surface area contributed by atoms with Crippen molar-refractivity contribution >= 4 is 18.5 Å². The molecule has 0 radical (unpaired) electrons. The first-order valence-corrected chi connectivity index (χ1v) is 6.29. The average Bonchev–Trinajstić information content (AvgIpc) is 2.42. The summed E-state index contributed by atoms with van der Waals surface area (Å²) in [5, 5.41) is 0. The molecule has 102 valence electrons. The fourth-order valence-corrected chi connectivity index (χ4v) is 1.65. The molecule has 0 saturated heterocycles. The summed E-state index contributed by atoms with van der Waals surface area (Å²) in [5.41, 5.74) is 0.933. The largest absolute Gasteiger partial charge is 0.459 e. The maximum Gasteiger partial charge on any atom is 0.331 e. The first kappa shape index (κ1) is 15.1. The van der Waals surface area contributed by atoms with Crippen molar-refractivity contribution in [3.63, 3.8) is 0 Å². The Morgan fingerprint density at radius 1 is 1.32 bits per heavy atom. The quantitative estimate of drug-likeness (QED) is 0.534. The van der Waals surface area contributed by atoms with Crippen molar-refractivity contribution < 1.29 is 14.3 Å². The second-order valence-corrected chi connectivity index (χ2v) is 4.39. The Bertz CT molecular complexity index is 428. The van der Waals surface area contributed by atoms with Crippen molar-refractivity contribution in [1.29, 1.82) is 0 Å². The van der Waals surface area contributed by atoms with E-state index in [1.54, 1.807) is 0 Å². The number of Topliss-reactive ketones (excluding diaryl/α,β-unsaturated/α-hetero) is 1. The van der Waals surface area contributed by atoms with E-state index in [1.165, 1.54) is 6.92 Å². The number of benzene rings is 1. The van der Waals surface area contributed by atoms with Crippen molar-refractivity contribution in [2.24, 2.45) is 4.99 Å². The normalized spacial score (nSPS) is 11.6. The molecule has 0 bridgehead atoms. The second kappa shape index (κ2) is 8.19. The lowest BCUT2D eigenvalue weighted by Crippen LogP contribution is -2.21. The molecule has 0 saturated carbocycles. The molecule has 0 amide bonds. The number of aliphatic imine (C=N–C) groups is 1. The maximum atomic E-state index is 11.8. The molecule has 0 fully saturated rings. The minimum Gasteiger partial charge on any atom is -0.459 e. The van der Waals surface area contributed by atoms with Gasteiger partial charge in [0.1, 0.15) is 18.4 Å². The van der Waals surface area contributed by atoms with Gasteiger partial charge in [0.2, 0.25) is 0 Å². The van der Waals surface area contributed by atoms with Crippen LogP contribution in [0.4, 0.5) is 0 Å². The highest BCUT2D eigenvalue weighted by molar-refractivity contribution is 5.77. The average molecular weight is 261 g/mol.